The first-order valence-corrected chi connectivity index (χ1v) is 8.86. The summed E-state index contributed by atoms with van der Waals surface area (Å²) in [5, 5.41) is 5.45. The van der Waals surface area contributed by atoms with Crippen LogP contribution in [0.3, 0.4) is 0 Å². The van der Waals surface area contributed by atoms with Gasteiger partial charge in [0.15, 0.2) is 18.1 Å². The summed E-state index contributed by atoms with van der Waals surface area (Å²) in [5.41, 5.74) is 6.19. The number of rotatable bonds is 9. The highest BCUT2D eigenvalue weighted by molar-refractivity contribution is 9.10. The maximum absolute atomic E-state index is 10.9. The van der Waals surface area contributed by atoms with E-state index in [0.717, 1.165) is 16.6 Å². The van der Waals surface area contributed by atoms with Gasteiger partial charge < -0.3 is 20.5 Å². The number of nitrogens with two attached hydrogens (primary N) is 1. The maximum atomic E-state index is 10.9. The monoisotopic (exact) mass is 398 g/mol. The van der Waals surface area contributed by atoms with E-state index in [-0.39, 0.29) is 6.61 Å². The van der Waals surface area contributed by atoms with Gasteiger partial charge in [0.25, 0.3) is 5.91 Å². The quantitative estimate of drug-likeness (QED) is 0.680. The van der Waals surface area contributed by atoms with Crippen LogP contribution in [0.5, 0.6) is 11.5 Å². The van der Waals surface area contributed by atoms with Gasteiger partial charge in [-0.3, -0.25) is 4.79 Å². The van der Waals surface area contributed by atoms with Crippen LogP contribution in [0.15, 0.2) is 34.1 Å². The lowest BCUT2D eigenvalue weighted by Gasteiger charge is -2.15. The number of carbonyl (C=O) groups excluding carboxylic acids is 1. The number of primary amides is 1. The fourth-order valence-corrected chi connectivity index (χ4v) is 3.29. The molecule has 0 atom stereocenters. The lowest BCUT2D eigenvalue weighted by molar-refractivity contribution is -0.119. The molecule has 0 bridgehead atoms. The molecular weight excluding hydrogens is 380 g/mol. The molecule has 1 aromatic carbocycles. The van der Waals surface area contributed by atoms with Gasteiger partial charge in [-0.15, -0.1) is 11.3 Å². The van der Waals surface area contributed by atoms with E-state index >= 15 is 0 Å². The minimum absolute atomic E-state index is 0.186. The van der Waals surface area contributed by atoms with Crippen LogP contribution >= 0.6 is 27.3 Å². The predicted molar refractivity (Wildman–Crippen MR) is 94.9 cm³/mol. The first kappa shape index (κ1) is 17.8. The van der Waals surface area contributed by atoms with E-state index in [1.54, 1.807) is 11.3 Å². The third kappa shape index (κ3) is 5.53. The fraction of sp³-hybridized carbons (Fsp3) is 0.312. The topological polar surface area (TPSA) is 73.6 Å². The minimum Gasteiger partial charge on any atom is -0.490 e. The third-order valence-electron chi connectivity index (χ3n) is 2.94. The minimum atomic E-state index is -0.527. The molecule has 1 amide bonds. The van der Waals surface area contributed by atoms with Gasteiger partial charge in [-0.25, -0.2) is 0 Å². The number of carbonyl (C=O) groups is 1. The van der Waals surface area contributed by atoms with Crippen molar-refractivity contribution < 1.29 is 14.3 Å². The Labute approximate surface area is 147 Å². The van der Waals surface area contributed by atoms with Crippen molar-refractivity contribution in [2.75, 3.05) is 13.2 Å². The van der Waals surface area contributed by atoms with E-state index in [1.165, 1.54) is 4.88 Å². The van der Waals surface area contributed by atoms with Gasteiger partial charge in [0, 0.05) is 18.0 Å². The van der Waals surface area contributed by atoms with Crippen LogP contribution in [0.4, 0.5) is 0 Å². The summed E-state index contributed by atoms with van der Waals surface area (Å²) in [7, 11) is 0. The van der Waals surface area contributed by atoms with E-state index in [1.807, 2.05) is 25.1 Å². The highest BCUT2D eigenvalue weighted by Gasteiger charge is 2.13. The molecule has 3 N–H and O–H groups in total. The fourth-order valence-electron chi connectivity index (χ4n) is 2.01. The molecular formula is C16H19BrN2O3S. The Morgan fingerprint density at radius 2 is 2.17 bits per heavy atom. The van der Waals surface area contributed by atoms with Gasteiger partial charge in [-0.2, -0.15) is 0 Å². The molecule has 0 fully saturated rings. The molecule has 2 aromatic rings. The maximum Gasteiger partial charge on any atom is 0.255 e. The van der Waals surface area contributed by atoms with E-state index < -0.39 is 5.91 Å². The molecule has 0 radical (unpaired) electrons. The second kappa shape index (κ2) is 8.90. The zero-order chi connectivity index (χ0) is 16.7. The molecule has 1 heterocycles. The summed E-state index contributed by atoms with van der Waals surface area (Å²) < 4.78 is 11.8. The van der Waals surface area contributed by atoms with Crippen LogP contribution in [0, 0.1) is 0 Å². The zero-order valence-electron chi connectivity index (χ0n) is 12.8. The Morgan fingerprint density at radius 1 is 1.35 bits per heavy atom. The lowest BCUT2D eigenvalue weighted by Crippen LogP contribution is -2.20. The first-order valence-electron chi connectivity index (χ1n) is 7.19. The number of ether oxygens (including phenoxy) is 2. The van der Waals surface area contributed by atoms with E-state index in [0.29, 0.717) is 24.7 Å². The number of benzene rings is 1. The lowest BCUT2D eigenvalue weighted by atomic mass is 10.2. The smallest absolute Gasteiger partial charge is 0.255 e. The molecule has 5 nitrogen and oxygen atoms in total. The summed E-state index contributed by atoms with van der Waals surface area (Å²) in [6.45, 7) is 3.74. The molecule has 0 saturated carbocycles. The van der Waals surface area contributed by atoms with Crippen molar-refractivity contribution >= 4 is 33.2 Å². The first-order chi connectivity index (χ1) is 11.1. The summed E-state index contributed by atoms with van der Waals surface area (Å²) >= 11 is 5.19. The molecule has 0 spiro atoms. The Morgan fingerprint density at radius 3 is 2.83 bits per heavy atom. The number of halogens is 1. The normalized spacial score (nSPS) is 10.5. The summed E-state index contributed by atoms with van der Waals surface area (Å²) in [4.78, 5) is 12.2. The SMILES string of the molecule is CCOc1cc(CNCc2cccs2)cc(Br)c1OCC(N)=O. The van der Waals surface area contributed by atoms with Crippen LogP contribution in [0.2, 0.25) is 0 Å². The number of amides is 1. The molecule has 124 valence electrons. The van der Waals surface area contributed by atoms with E-state index in [2.05, 4.69) is 32.7 Å². The van der Waals surface area contributed by atoms with Crippen molar-refractivity contribution in [3.8, 4) is 11.5 Å². The Balaban J connectivity index is 2.06. The number of thiophene rings is 1. The molecule has 1 aromatic heterocycles. The van der Waals surface area contributed by atoms with Crippen LogP contribution in [0.1, 0.15) is 17.4 Å². The predicted octanol–water partition coefficient (Wildman–Crippen LogP) is 3.06. The van der Waals surface area contributed by atoms with Crippen LogP contribution in [0.25, 0.3) is 0 Å². The molecule has 0 aliphatic carbocycles. The highest BCUT2D eigenvalue weighted by atomic mass is 79.9. The van der Waals surface area contributed by atoms with E-state index in [4.69, 9.17) is 15.2 Å². The third-order valence-corrected chi connectivity index (χ3v) is 4.40. The molecule has 0 unspecified atom stereocenters. The molecule has 23 heavy (non-hydrogen) atoms. The zero-order valence-corrected chi connectivity index (χ0v) is 15.2. The molecule has 0 aliphatic rings. The Bertz CT molecular complexity index is 647. The second-order valence-electron chi connectivity index (χ2n) is 4.78. The van der Waals surface area contributed by atoms with Crippen molar-refractivity contribution in [1.29, 1.82) is 0 Å². The van der Waals surface area contributed by atoms with Crippen LogP contribution in [-0.2, 0) is 17.9 Å². The summed E-state index contributed by atoms with van der Waals surface area (Å²) in [5.74, 6) is 0.560. The average molecular weight is 399 g/mol. The van der Waals surface area contributed by atoms with Crippen molar-refractivity contribution in [3.63, 3.8) is 0 Å². The molecule has 2 rings (SSSR count). The van der Waals surface area contributed by atoms with Crippen LogP contribution < -0.4 is 20.5 Å². The Kier molecular flexibility index (Phi) is 6.88. The summed E-state index contributed by atoms with van der Waals surface area (Å²) in [6.07, 6.45) is 0. The van der Waals surface area contributed by atoms with Gasteiger partial charge in [-0.05, 0) is 52.0 Å². The molecule has 0 saturated heterocycles. The number of hydrogen-bond donors (Lipinski definition) is 2. The Hall–Kier alpha value is -1.57. The molecule has 0 aliphatic heterocycles. The molecule has 7 heteroatoms. The average Bonchev–Trinajstić information content (AvgIpc) is 3.00. The van der Waals surface area contributed by atoms with Crippen molar-refractivity contribution in [3.05, 3.63) is 44.6 Å². The van der Waals surface area contributed by atoms with Crippen molar-refractivity contribution in [2.45, 2.75) is 20.0 Å². The van der Waals surface area contributed by atoms with Crippen molar-refractivity contribution in [1.82, 2.24) is 5.32 Å². The van der Waals surface area contributed by atoms with Gasteiger partial charge in [-0.1, -0.05) is 6.07 Å². The van der Waals surface area contributed by atoms with Gasteiger partial charge in [0.2, 0.25) is 0 Å². The second-order valence-corrected chi connectivity index (χ2v) is 6.66. The summed E-state index contributed by atoms with van der Waals surface area (Å²) in [6, 6.07) is 7.99. The van der Waals surface area contributed by atoms with Crippen LogP contribution in [-0.4, -0.2) is 19.1 Å². The van der Waals surface area contributed by atoms with Gasteiger partial charge in [0.05, 0.1) is 11.1 Å². The van der Waals surface area contributed by atoms with E-state index in [9.17, 15) is 4.79 Å². The standard InChI is InChI=1S/C16H19BrN2O3S/c1-2-21-14-7-11(8-19-9-12-4-3-5-23-12)6-13(17)16(14)22-10-15(18)20/h3-7,19H,2,8-10H2,1H3,(H2,18,20). The number of nitrogens with one attached hydrogen (secondary N) is 1. The number of hydrogen-bond acceptors (Lipinski definition) is 5. The highest BCUT2D eigenvalue weighted by Crippen LogP contribution is 2.37. The van der Waals surface area contributed by atoms with Crippen molar-refractivity contribution in [2.24, 2.45) is 5.73 Å². The van der Waals surface area contributed by atoms with Gasteiger partial charge >= 0.3 is 0 Å². The largest absolute Gasteiger partial charge is 0.490 e. The van der Waals surface area contributed by atoms with Gasteiger partial charge in [0.1, 0.15) is 0 Å².